The molecule has 0 bridgehead atoms. The molecule has 0 saturated carbocycles. The maximum atomic E-state index is 11.4. The van der Waals surface area contributed by atoms with Gasteiger partial charge in [0, 0.05) is 25.2 Å². The molecule has 0 aromatic heterocycles. The summed E-state index contributed by atoms with van der Waals surface area (Å²) in [6.45, 7) is 4.84. The average Bonchev–Trinajstić information content (AvgIpc) is 2.88. The fourth-order valence-electron chi connectivity index (χ4n) is 1.55. The summed E-state index contributed by atoms with van der Waals surface area (Å²) in [5.41, 5.74) is 5.52. The van der Waals surface area contributed by atoms with E-state index in [1.165, 1.54) is 5.06 Å². The topological polar surface area (TPSA) is 98.9 Å². The Hall–Kier alpha value is -1.73. The third kappa shape index (κ3) is 5.50. The lowest BCUT2D eigenvalue weighted by Gasteiger charge is -2.13. The summed E-state index contributed by atoms with van der Waals surface area (Å²) in [6.07, 6.45) is 3.72. The smallest absolute Gasteiger partial charge is 0.349 e. The van der Waals surface area contributed by atoms with E-state index < -0.39 is 23.9 Å². The number of nitrogens with zero attached hydrogens (tertiary/aromatic N) is 1. The molecule has 1 aliphatic heterocycles. The molecule has 0 amide bonds. The van der Waals surface area contributed by atoms with E-state index in [1.807, 2.05) is 0 Å². The zero-order valence-electron chi connectivity index (χ0n) is 11.7. The second-order valence-electron chi connectivity index (χ2n) is 4.89. The van der Waals surface area contributed by atoms with Gasteiger partial charge in [0.25, 0.3) is 0 Å². The van der Waals surface area contributed by atoms with Gasteiger partial charge >= 0.3 is 17.9 Å². The Kier molecular flexibility index (Phi) is 6.33. The zero-order chi connectivity index (χ0) is 15.1. The number of hydrogen-bond donors (Lipinski definition) is 1. The molecule has 7 heteroatoms. The fraction of sp³-hybridized carbons (Fsp3) is 0.615. The minimum absolute atomic E-state index is 0.139. The maximum absolute atomic E-state index is 11.4. The van der Waals surface area contributed by atoms with Crippen LogP contribution in [-0.4, -0.2) is 42.1 Å². The van der Waals surface area contributed by atoms with E-state index in [9.17, 15) is 14.4 Å². The maximum Gasteiger partial charge on any atom is 0.349 e. The Morgan fingerprint density at radius 3 is 2.20 bits per heavy atom. The van der Waals surface area contributed by atoms with Gasteiger partial charge in [-0.3, -0.25) is 0 Å². The largest absolute Gasteiger partial charge is 0.389 e. The van der Waals surface area contributed by atoms with Crippen LogP contribution in [-0.2, 0) is 24.0 Å². The number of carbonyl (C=O) groups excluding carboxylic acids is 3. The Bertz CT molecular complexity index is 400. The molecule has 112 valence electrons. The minimum Gasteiger partial charge on any atom is -0.389 e. The van der Waals surface area contributed by atoms with Crippen molar-refractivity contribution < 1.29 is 24.0 Å². The van der Waals surface area contributed by atoms with Crippen molar-refractivity contribution in [1.82, 2.24) is 5.06 Å². The first-order valence-electron chi connectivity index (χ1n) is 6.56. The van der Waals surface area contributed by atoms with E-state index in [0.717, 1.165) is 25.0 Å². The van der Waals surface area contributed by atoms with Crippen molar-refractivity contribution in [2.75, 3.05) is 13.1 Å². The van der Waals surface area contributed by atoms with Gasteiger partial charge < -0.3 is 15.3 Å². The number of nitrogens with two attached hydrogens (primary N) is 1. The number of hydrogen-bond acceptors (Lipinski definition) is 7. The standard InChI is InChI=1S/C13H20N2O5/c1-9(2)12(14)13(18)19-10(16)5-6-11(17)20-15-7-3-4-8-15/h5-6,9,12H,3-4,7-8,14H2,1-2H3/b6-5+/t12-/m0/s1. The Balaban J connectivity index is 2.35. The lowest BCUT2D eigenvalue weighted by molar-refractivity contribution is -0.178. The third-order valence-corrected chi connectivity index (χ3v) is 2.83. The number of esters is 2. The highest BCUT2D eigenvalue weighted by Crippen LogP contribution is 2.07. The van der Waals surface area contributed by atoms with E-state index in [4.69, 9.17) is 10.6 Å². The van der Waals surface area contributed by atoms with Crippen LogP contribution in [0.4, 0.5) is 0 Å². The monoisotopic (exact) mass is 284 g/mol. The molecule has 2 N–H and O–H groups in total. The summed E-state index contributed by atoms with van der Waals surface area (Å²) in [6, 6.07) is -0.871. The molecule has 1 atom stereocenters. The van der Waals surface area contributed by atoms with Gasteiger partial charge in [-0.2, -0.15) is 0 Å². The lowest BCUT2D eigenvalue weighted by Crippen LogP contribution is -2.37. The van der Waals surface area contributed by atoms with Crippen LogP contribution >= 0.6 is 0 Å². The third-order valence-electron chi connectivity index (χ3n) is 2.83. The van der Waals surface area contributed by atoms with Crippen molar-refractivity contribution in [2.24, 2.45) is 11.7 Å². The SMILES string of the molecule is CC(C)[C@H](N)C(=O)OC(=O)/C=C/C(=O)ON1CCCC1. The van der Waals surface area contributed by atoms with Crippen LogP contribution in [0.1, 0.15) is 26.7 Å². The number of ether oxygens (including phenoxy) is 1. The first-order valence-corrected chi connectivity index (χ1v) is 6.56. The summed E-state index contributed by atoms with van der Waals surface area (Å²) in [5.74, 6) is -2.57. The molecule has 0 aliphatic carbocycles. The van der Waals surface area contributed by atoms with E-state index >= 15 is 0 Å². The highest BCUT2D eigenvalue weighted by molar-refractivity contribution is 5.97. The van der Waals surface area contributed by atoms with Crippen molar-refractivity contribution in [2.45, 2.75) is 32.7 Å². The molecular formula is C13H20N2O5. The number of carbonyl (C=O) groups is 3. The molecule has 20 heavy (non-hydrogen) atoms. The minimum atomic E-state index is -0.940. The predicted octanol–water partition coefficient (Wildman–Crippen LogP) is 0.150. The second-order valence-corrected chi connectivity index (χ2v) is 4.89. The van der Waals surface area contributed by atoms with E-state index in [2.05, 4.69) is 4.74 Å². The van der Waals surface area contributed by atoms with Crippen LogP contribution in [0.15, 0.2) is 12.2 Å². The van der Waals surface area contributed by atoms with Gasteiger partial charge in [0.05, 0.1) is 0 Å². The van der Waals surface area contributed by atoms with E-state index in [-0.39, 0.29) is 5.92 Å². The van der Waals surface area contributed by atoms with Gasteiger partial charge in [-0.05, 0) is 18.8 Å². The quantitative estimate of drug-likeness (QED) is 0.436. The first kappa shape index (κ1) is 16.3. The second kappa shape index (κ2) is 7.76. The molecule has 0 spiro atoms. The Morgan fingerprint density at radius 2 is 1.65 bits per heavy atom. The van der Waals surface area contributed by atoms with Gasteiger partial charge in [-0.15, -0.1) is 5.06 Å². The summed E-state index contributed by atoms with van der Waals surface area (Å²) in [5, 5.41) is 1.53. The summed E-state index contributed by atoms with van der Waals surface area (Å²) in [4.78, 5) is 39.0. The highest BCUT2D eigenvalue weighted by Gasteiger charge is 2.21. The van der Waals surface area contributed by atoms with E-state index in [0.29, 0.717) is 13.1 Å². The number of hydroxylamine groups is 2. The van der Waals surface area contributed by atoms with Crippen LogP contribution in [0.2, 0.25) is 0 Å². The van der Waals surface area contributed by atoms with Gasteiger partial charge in [0.15, 0.2) is 0 Å². The van der Waals surface area contributed by atoms with Crippen LogP contribution in [0.5, 0.6) is 0 Å². The molecule has 1 heterocycles. The molecule has 0 radical (unpaired) electrons. The Morgan fingerprint density at radius 1 is 1.10 bits per heavy atom. The molecule has 0 aromatic carbocycles. The van der Waals surface area contributed by atoms with Crippen molar-refractivity contribution in [3.8, 4) is 0 Å². The summed E-state index contributed by atoms with van der Waals surface area (Å²) in [7, 11) is 0. The highest BCUT2D eigenvalue weighted by atomic mass is 16.7. The summed E-state index contributed by atoms with van der Waals surface area (Å²) < 4.78 is 4.48. The molecule has 7 nitrogen and oxygen atoms in total. The average molecular weight is 284 g/mol. The molecular weight excluding hydrogens is 264 g/mol. The van der Waals surface area contributed by atoms with Gasteiger partial charge in [0.1, 0.15) is 6.04 Å². The van der Waals surface area contributed by atoms with Gasteiger partial charge in [-0.1, -0.05) is 13.8 Å². The normalized spacial score (nSPS) is 17.4. The van der Waals surface area contributed by atoms with Crippen molar-refractivity contribution in [1.29, 1.82) is 0 Å². The zero-order valence-corrected chi connectivity index (χ0v) is 11.7. The molecule has 1 aliphatic rings. The predicted molar refractivity (Wildman–Crippen MR) is 70.0 cm³/mol. The van der Waals surface area contributed by atoms with Crippen molar-refractivity contribution in [3.63, 3.8) is 0 Å². The van der Waals surface area contributed by atoms with Gasteiger partial charge in [0.2, 0.25) is 0 Å². The summed E-state index contributed by atoms with van der Waals surface area (Å²) >= 11 is 0. The Labute approximate surface area is 117 Å². The van der Waals surface area contributed by atoms with Crippen LogP contribution in [0, 0.1) is 5.92 Å². The number of rotatable bonds is 5. The lowest BCUT2D eigenvalue weighted by atomic mass is 10.1. The molecule has 0 aromatic rings. The van der Waals surface area contributed by atoms with Crippen LogP contribution in [0.25, 0.3) is 0 Å². The van der Waals surface area contributed by atoms with E-state index in [1.54, 1.807) is 13.8 Å². The molecule has 1 fully saturated rings. The van der Waals surface area contributed by atoms with Crippen molar-refractivity contribution in [3.05, 3.63) is 12.2 Å². The molecule has 1 rings (SSSR count). The van der Waals surface area contributed by atoms with Crippen molar-refractivity contribution >= 4 is 17.9 Å². The molecule has 0 unspecified atom stereocenters. The fourth-order valence-corrected chi connectivity index (χ4v) is 1.55. The molecule has 1 saturated heterocycles. The first-order chi connectivity index (χ1) is 9.40. The van der Waals surface area contributed by atoms with Crippen LogP contribution in [0.3, 0.4) is 0 Å². The van der Waals surface area contributed by atoms with Gasteiger partial charge in [-0.25, -0.2) is 14.4 Å². The van der Waals surface area contributed by atoms with Crippen LogP contribution < -0.4 is 5.73 Å².